The summed E-state index contributed by atoms with van der Waals surface area (Å²) in [6, 6.07) is 0. The monoisotopic (exact) mass is 248 g/mol. The Labute approximate surface area is 108 Å². The summed E-state index contributed by atoms with van der Waals surface area (Å²) in [7, 11) is 0. The molecule has 1 atom stereocenters. The standard InChI is InChI=1S/C13H28N2.ClH/c1-12-6-5-8-15(10-12)9-7-14-11-13(2,3)4;/h12,14H,5-11H2,1-4H3;1H. The lowest BCUT2D eigenvalue weighted by Gasteiger charge is -2.31. The predicted octanol–water partition coefficient (Wildman–Crippen LogP) is 2.78. The molecule has 98 valence electrons. The van der Waals surface area contributed by atoms with Crippen molar-refractivity contribution in [3.05, 3.63) is 0 Å². The lowest BCUT2D eigenvalue weighted by molar-refractivity contribution is 0.182. The fourth-order valence-corrected chi connectivity index (χ4v) is 2.19. The van der Waals surface area contributed by atoms with Gasteiger partial charge in [-0.2, -0.15) is 0 Å². The molecule has 1 N–H and O–H groups in total. The van der Waals surface area contributed by atoms with Crippen LogP contribution in [0.15, 0.2) is 0 Å². The Bertz CT molecular complexity index is 177. The van der Waals surface area contributed by atoms with E-state index < -0.39 is 0 Å². The van der Waals surface area contributed by atoms with E-state index >= 15 is 0 Å². The van der Waals surface area contributed by atoms with Crippen LogP contribution in [0.25, 0.3) is 0 Å². The molecule has 0 aromatic carbocycles. The fraction of sp³-hybridized carbons (Fsp3) is 1.00. The highest BCUT2D eigenvalue weighted by molar-refractivity contribution is 5.85. The van der Waals surface area contributed by atoms with Gasteiger partial charge in [-0.25, -0.2) is 0 Å². The van der Waals surface area contributed by atoms with Gasteiger partial charge in [0.25, 0.3) is 0 Å². The van der Waals surface area contributed by atoms with Gasteiger partial charge in [0.05, 0.1) is 0 Å². The normalized spacial score (nSPS) is 22.9. The minimum Gasteiger partial charge on any atom is -0.315 e. The zero-order valence-electron chi connectivity index (χ0n) is 11.4. The Balaban J connectivity index is 0.00000225. The first-order valence-electron chi connectivity index (χ1n) is 6.40. The number of hydrogen-bond donors (Lipinski definition) is 1. The highest BCUT2D eigenvalue weighted by Gasteiger charge is 2.15. The zero-order chi connectivity index (χ0) is 11.3. The Kier molecular flexibility index (Phi) is 7.62. The van der Waals surface area contributed by atoms with Crippen molar-refractivity contribution in [3.63, 3.8) is 0 Å². The summed E-state index contributed by atoms with van der Waals surface area (Å²) >= 11 is 0. The second-order valence-corrected chi connectivity index (χ2v) is 6.29. The van der Waals surface area contributed by atoms with Crippen molar-refractivity contribution in [1.82, 2.24) is 10.2 Å². The minimum absolute atomic E-state index is 0. The van der Waals surface area contributed by atoms with Crippen LogP contribution in [0.3, 0.4) is 0 Å². The summed E-state index contributed by atoms with van der Waals surface area (Å²) in [5.74, 6) is 0.904. The fourth-order valence-electron chi connectivity index (χ4n) is 2.19. The number of likely N-dealkylation sites (tertiary alicyclic amines) is 1. The molecule has 1 aliphatic rings. The molecule has 16 heavy (non-hydrogen) atoms. The van der Waals surface area contributed by atoms with Gasteiger partial charge in [0.2, 0.25) is 0 Å². The molecule has 1 heterocycles. The van der Waals surface area contributed by atoms with Gasteiger partial charge in [-0.05, 0) is 30.7 Å². The molecule has 0 aliphatic carbocycles. The molecule has 1 rings (SSSR count). The molecule has 0 spiro atoms. The minimum atomic E-state index is 0. The van der Waals surface area contributed by atoms with E-state index in [1.54, 1.807) is 0 Å². The number of halogens is 1. The first-order valence-corrected chi connectivity index (χ1v) is 6.40. The molecular weight excluding hydrogens is 220 g/mol. The van der Waals surface area contributed by atoms with Gasteiger partial charge in [-0.1, -0.05) is 27.7 Å². The quantitative estimate of drug-likeness (QED) is 0.770. The maximum atomic E-state index is 3.55. The third-order valence-electron chi connectivity index (χ3n) is 3.00. The molecule has 0 radical (unpaired) electrons. The van der Waals surface area contributed by atoms with Crippen molar-refractivity contribution in [3.8, 4) is 0 Å². The van der Waals surface area contributed by atoms with Crippen LogP contribution in [0.1, 0.15) is 40.5 Å². The summed E-state index contributed by atoms with van der Waals surface area (Å²) in [5, 5.41) is 3.55. The van der Waals surface area contributed by atoms with Crippen LogP contribution in [0.4, 0.5) is 0 Å². The molecule has 0 aromatic rings. The van der Waals surface area contributed by atoms with Gasteiger partial charge in [0.15, 0.2) is 0 Å². The van der Waals surface area contributed by atoms with Crippen LogP contribution >= 0.6 is 12.4 Å². The maximum Gasteiger partial charge on any atom is 0.0107 e. The Hall–Kier alpha value is 0.210. The van der Waals surface area contributed by atoms with Crippen LogP contribution < -0.4 is 5.32 Å². The topological polar surface area (TPSA) is 15.3 Å². The van der Waals surface area contributed by atoms with E-state index in [0.29, 0.717) is 5.41 Å². The summed E-state index contributed by atoms with van der Waals surface area (Å²) in [4.78, 5) is 2.60. The third kappa shape index (κ3) is 7.48. The van der Waals surface area contributed by atoms with E-state index in [9.17, 15) is 0 Å². The number of hydrogen-bond acceptors (Lipinski definition) is 2. The van der Waals surface area contributed by atoms with Gasteiger partial charge in [-0.3, -0.25) is 0 Å². The van der Waals surface area contributed by atoms with Crippen molar-refractivity contribution in [1.29, 1.82) is 0 Å². The van der Waals surface area contributed by atoms with Crippen LogP contribution in [0, 0.1) is 11.3 Å². The van der Waals surface area contributed by atoms with E-state index in [-0.39, 0.29) is 12.4 Å². The van der Waals surface area contributed by atoms with Gasteiger partial charge in [-0.15, -0.1) is 12.4 Å². The number of nitrogens with one attached hydrogen (secondary N) is 1. The van der Waals surface area contributed by atoms with Gasteiger partial charge in [0, 0.05) is 26.2 Å². The molecule has 1 saturated heterocycles. The van der Waals surface area contributed by atoms with Gasteiger partial charge >= 0.3 is 0 Å². The highest BCUT2D eigenvalue weighted by Crippen LogP contribution is 2.14. The van der Waals surface area contributed by atoms with Crippen LogP contribution in [-0.2, 0) is 0 Å². The average molecular weight is 249 g/mol. The predicted molar refractivity (Wildman–Crippen MR) is 74.4 cm³/mol. The smallest absolute Gasteiger partial charge is 0.0107 e. The molecule has 2 nitrogen and oxygen atoms in total. The maximum absolute atomic E-state index is 3.55. The molecule has 3 heteroatoms. The van der Waals surface area contributed by atoms with E-state index in [1.165, 1.54) is 32.5 Å². The second kappa shape index (κ2) is 7.52. The number of nitrogens with zero attached hydrogens (tertiary/aromatic N) is 1. The highest BCUT2D eigenvalue weighted by atomic mass is 35.5. The van der Waals surface area contributed by atoms with Gasteiger partial charge < -0.3 is 10.2 Å². The lowest BCUT2D eigenvalue weighted by atomic mass is 9.97. The van der Waals surface area contributed by atoms with Gasteiger partial charge in [0.1, 0.15) is 0 Å². The molecule has 0 saturated carbocycles. The first-order chi connectivity index (χ1) is 6.97. The van der Waals surface area contributed by atoms with Crippen molar-refractivity contribution >= 4 is 12.4 Å². The van der Waals surface area contributed by atoms with Crippen LogP contribution in [0.5, 0.6) is 0 Å². The Morgan fingerprint density at radius 3 is 2.56 bits per heavy atom. The molecule has 1 unspecified atom stereocenters. The lowest BCUT2D eigenvalue weighted by Crippen LogP contribution is -2.40. The van der Waals surface area contributed by atoms with E-state index in [0.717, 1.165) is 19.0 Å². The molecule has 1 fully saturated rings. The van der Waals surface area contributed by atoms with E-state index in [1.807, 2.05) is 0 Å². The van der Waals surface area contributed by atoms with Crippen molar-refractivity contribution in [2.75, 3.05) is 32.7 Å². The summed E-state index contributed by atoms with van der Waals surface area (Å²) in [6.07, 6.45) is 2.81. The molecule has 0 bridgehead atoms. The van der Waals surface area contributed by atoms with Crippen LogP contribution in [0.2, 0.25) is 0 Å². The Morgan fingerprint density at radius 1 is 1.31 bits per heavy atom. The van der Waals surface area contributed by atoms with Crippen LogP contribution in [-0.4, -0.2) is 37.6 Å². The first kappa shape index (κ1) is 16.2. The zero-order valence-corrected chi connectivity index (χ0v) is 12.2. The molecule has 0 amide bonds. The average Bonchev–Trinajstić information content (AvgIpc) is 2.11. The third-order valence-corrected chi connectivity index (χ3v) is 3.00. The molecular formula is C13H29ClN2. The molecule has 1 aliphatic heterocycles. The summed E-state index contributed by atoms with van der Waals surface area (Å²) < 4.78 is 0. The summed E-state index contributed by atoms with van der Waals surface area (Å²) in [5.41, 5.74) is 0.412. The van der Waals surface area contributed by atoms with E-state index in [2.05, 4.69) is 37.9 Å². The van der Waals surface area contributed by atoms with Crippen molar-refractivity contribution in [2.24, 2.45) is 11.3 Å². The largest absolute Gasteiger partial charge is 0.315 e. The Morgan fingerprint density at radius 2 is 2.00 bits per heavy atom. The SMILES string of the molecule is CC1CCCN(CCNCC(C)(C)C)C1.Cl. The number of rotatable bonds is 4. The van der Waals surface area contributed by atoms with Crippen molar-refractivity contribution in [2.45, 2.75) is 40.5 Å². The number of piperidine rings is 1. The second-order valence-electron chi connectivity index (χ2n) is 6.29. The van der Waals surface area contributed by atoms with E-state index in [4.69, 9.17) is 0 Å². The molecule has 0 aromatic heterocycles. The summed E-state index contributed by atoms with van der Waals surface area (Å²) in [6.45, 7) is 15.3. The van der Waals surface area contributed by atoms with Crippen molar-refractivity contribution < 1.29 is 0 Å².